The van der Waals surface area contributed by atoms with Crippen LogP contribution in [0.25, 0.3) is 16.9 Å². The normalized spacial score (nSPS) is 12.0. The van der Waals surface area contributed by atoms with E-state index in [9.17, 15) is 36.4 Å². The summed E-state index contributed by atoms with van der Waals surface area (Å²) in [6.07, 6.45) is -5.96. The first-order chi connectivity index (χ1) is 22.6. The number of ether oxygens (including phenoxy) is 3. The van der Waals surface area contributed by atoms with Crippen LogP contribution in [0.15, 0.2) is 64.8 Å². The molecule has 1 N–H and O–H groups in total. The van der Waals surface area contributed by atoms with Gasteiger partial charge in [0.15, 0.2) is 5.69 Å². The molecule has 1 aromatic heterocycles. The van der Waals surface area contributed by atoms with Gasteiger partial charge in [0.05, 0.1) is 47.5 Å². The number of carbonyl (C=O) groups excluding carboxylic acids is 2. The maximum atomic E-state index is 13.5. The van der Waals surface area contributed by atoms with Crippen molar-refractivity contribution in [3.63, 3.8) is 0 Å². The monoisotopic (exact) mass is 700 g/mol. The molecule has 1 amide bonds. The van der Waals surface area contributed by atoms with Crippen LogP contribution in [-0.4, -0.2) is 73.5 Å². The maximum Gasteiger partial charge on any atom is 0.511 e. The molecule has 19 heteroatoms. The fourth-order valence-corrected chi connectivity index (χ4v) is 4.81. The van der Waals surface area contributed by atoms with Crippen molar-refractivity contribution >= 4 is 22.3 Å². The number of hydrazine groups is 1. The van der Waals surface area contributed by atoms with Crippen LogP contribution < -0.4 is 4.72 Å². The number of carbonyl (C=O) groups is 2. The molecule has 0 saturated heterocycles. The highest BCUT2D eigenvalue weighted by Gasteiger charge is 2.35. The van der Waals surface area contributed by atoms with E-state index in [1.807, 2.05) is 6.92 Å². The number of amides is 1. The van der Waals surface area contributed by atoms with E-state index in [1.54, 1.807) is 42.8 Å². The molecule has 0 unspecified atom stereocenters. The van der Waals surface area contributed by atoms with Gasteiger partial charge in [-0.15, -0.1) is 5.01 Å². The van der Waals surface area contributed by atoms with Crippen molar-refractivity contribution < 1.29 is 55.2 Å². The smallest absolute Gasteiger partial charge is 0.511 e. The Bertz CT molecular complexity index is 1660. The number of hydrogen-bond acceptors (Lipinski definition) is 11. The summed E-state index contributed by atoms with van der Waals surface area (Å²) in [4.78, 5) is 27.8. The largest absolute Gasteiger partial charge is 0.569 e. The lowest BCUT2D eigenvalue weighted by molar-refractivity contribution is -0.706. The summed E-state index contributed by atoms with van der Waals surface area (Å²) >= 11 is 0. The quantitative estimate of drug-likeness (QED) is 0.0513. The van der Waals surface area contributed by atoms with Crippen LogP contribution in [0.5, 0.6) is 0 Å². The van der Waals surface area contributed by atoms with Gasteiger partial charge < -0.3 is 24.3 Å². The summed E-state index contributed by atoms with van der Waals surface area (Å²) in [7, 11) is -2.93. The molecule has 0 bridgehead atoms. The molecule has 0 aliphatic carbocycles. The lowest BCUT2D eigenvalue weighted by atomic mass is 10.1. The Kier molecular flexibility index (Phi) is 13.0. The zero-order chi connectivity index (χ0) is 35.5. The third kappa shape index (κ3) is 11.3. The molecule has 262 valence electrons. The van der Waals surface area contributed by atoms with Crippen molar-refractivity contribution in [2.24, 2.45) is 5.28 Å². The van der Waals surface area contributed by atoms with E-state index in [0.717, 1.165) is 28.4 Å². The number of hydrogen-bond donors (Lipinski definition) is 1. The molecular weight excluding hydrogens is 665 g/mol. The van der Waals surface area contributed by atoms with Gasteiger partial charge in [-0.05, 0) is 70.4 Å². The molecule has 0 fully saturated rings. The highest BCUT2D eigenvalue weighted by atomic mass is 32.2. The molecule has 2 aromatic carbocycles. The lowest BCUT2D eigenvalue weighted by Gasteiger charge is -2.13. The molecule has 15 nitrogen and oxygen atoms in total. The van der Waals surface area contributed by atoms with E-state index >= 15 is 0 Å². The Morgan fingerprint density at radius 3 is 2.35 bits per heavy atom. The van der Waals surface area contributed by atoms with Gasteiger partial charge in [-0.2, -0.15) is 18.3 Å². The van der Waals surface area contributed by atoms with Gasteiger partial charge in [0.1, 0.15) is 0 Å². The number of aromatic nitrogens is 2. The fraction of sp³-hybridized carbons (Fsp3) is 0.414. The van der Waals surface area contributed by atoms with Crippen molar-refractivity contribution in [1.29, 1.82) is 0 Å². The van der Waals surface area contributed by atoms with Gasteiger partial charge in [0, 0.05) is 5.56 Å². The summed E-state index contributed by atoms with van der Waals surface area (Å²) in [6.45, 7) is 4.60. The highest BCUT2D eigenvalue weighted by Crippen LogP contribution is 2.33. The Morgan fingerprint density at radius 2 is 1.73 bits per heavy atom. The second-order valence-electron chi connectivity index (χ2n) is 10.5. The van der Waals surface area contributed by atoms with E-state index in [2.05, 4.69) is 20.0 Å². The standard InChI is InChI=1S/C29H35F3N6O9S/c1-20(2)47-28(40)45-19-46-35-38(41)36(4)16-6-5-7-17-44-27(39)34-48(42,43)24-14-12-23(13-15-24)37-25(18-26(33-37)29(30,31)32)22-10-8-21(3)9-11-22/h8-15,18,20H,5-7,16-17,19H2,1-4H3,(H,34,39). The average molecular weight is 701 g/mol. The van der Waals surface area contributed by atoms with Crippen molar-refractivity contribution in [1.82, 2.24) is 19.5 Å². The zero-order valence-electron chi connectivity index (χ0n) is 26.5. The Labute approximate surface area is 274 Å². The number of aryl methyl sites for hydroxylation is 1. The van der Waals surface area contributed by atoms with Crippen LogP contribution >= 0.6 is 0 Å². The van der Waals surface area contributed by atoms with Crippen molar-refractivity contribution in [3.05, 3.63) is 71.1 Å². The number of unbranched alkanes of at least 4 members (excludes halogenated alkanes) is 2. The van der Waals surface area contributed by atoms with Gasteiger partial charge in [-0.25, -0.2) is 27.4 Å². The van der Waals surface area contributed by atoms with E-state index in [0.29, 0.717) is 24.8 Å². The third-order valence-electron chi connectivity index (χ3n) is 6.30. The van der Waals surface area contributed by atoms with Crippen molar-refractivity contribution in [2.75, 3.05) is 27.0 Å². The van der Waals surface area contributed by atoms with Crippen LogP contribution in [0.4, 0.5) is 22.8 Å². The van der Waals surface area contributed by atoms with Gasteiger partial charge in [0.2, 0.25) is 5.28 Å². The first-order valence-electron chi connectivity index (χ1n) is 14.5. The molecule has 0 aliphatic heterocycles. The number of rotatable bonds is 15. The second kappa shape index (κ2) is 16.7. The van der Waals surface area contributed by atoms with Crippen LogP contribution in [0.2, 0.25) is 0 Å². The predicted octanol–water partition coefficient (Wildman–Crippen LogP) is 5.71. The molecular formula is C29H35F3N6O9S. The lowest BCUT2D eigenvalue weighted by Crippen LogP contribution is -2.31. The number of halogens is 3. The topological polar surface area (TPSA) is 177 Å². The summed E-state index contributed by atoms with van der Waals surface area (Å²) < 4.78 is 82.9. The molecule has 1 heterocycles. The fourth-order valence-electron chi connectivity index (χ4n) is 3.92. The number of benzene rings is 2. The molecule has 0 atom stereocenters. The van der Waals surface area contributed by atoms with Crippen LogP contribution in [0.1, 0.15) is 44.4 Å². The van der Waals surface area contributed by atoms with Crippen LogP contribution in [0, 0.1) is 12.1 Å². The number of alkyl halides is 3. The third-order valence-corrected chi connectivity index (χ3v) is 7.62. The maximum absolute atomic E-state index is 13.5. The first-order valence-corrected chi connectivity index (χ1v) is 15.9. The minimum atomic E-state index is -4.71. The van der Waals surface area contributed by atoms with Gasteiger partial charge in [0.25, 0.3) is 16.8 Å². The van der Waals surface area contributed by atoms with Crippen molar-refractivity contribution in [3.8, 4) is 16.9 Å². The van der Waals surface area contributed by atoms with E-state index in [4.69, 9.17) is 9.47 Å². The predicted molar refractivity (Wildman–Crippen MR) is 162 cm³/mol. The SMILES string of the molecule is Cc1ccc(-c2cc(C(F)(F)F)nn2-c2ccc(S(=O)(=O)NC(=O)OCCCCCN(C)[N+]([O-])=NOCOC(=O)OC(C)C)cc2)cc1. The molecule has 0 spiro atoms. The molecule has 0 saturated carbocycles. The van der Waals surface area contributed by atoms with Gasteiger partial charge in [-0.1, -0.05) is 29.8 Å². The Balaban J connectivity index is 1.46. The van der Waals surface area contributed by atoms with Gasteiger partial charge in [-0.3, -0.25) is 0 Å². The second-order valence-corrected chi connectivity index (χ2v) is 12.2. The Hall–Kier alpha value is -5.07. The molecule has 0 radical (unpaired) electrons. The summed E-state index contributed by atoms with van der Waals surface area (Å²) in [5, 5.41) is 19.9. The minimum absolute atomic E-state index is 0.120. The summed E-state index contributed by atoms with van der Waals surface area (Å²) in [5.41, 5.74) is 0.571. The van der Waals surface area contributed by atoms with Crippen molar-refractivity contribution in [2.45, 2.75) is 57.2 Å². The molecule has 0 aliphatic rings. The number of nitrogens with zero attached hydrogens (tertiary/aromatic N) is 5. The number of nitrogens with one attached hydrogen (secondary N) is 1. The van der Waals surface area contributed by atoms with E-state index < -0.39 is 40.9 Å². The Morgan fingerprint density at radius 1 is 1.06 bits per heavy atom. The highest BCUT2D eigenvalue weighted by molar-refractivity contribution is 7.90. The molecule has 48 heavy (non-hydrogen) atoms. The first kappa shape index (κ1) is 37.4. The summed E-state index contributed by atoms with van der Waals surface area (Å²) in [5.74, 6) is 0. The molecule has 3 rings (SSSR count). The van der Waals surface area contributed by atoms with Crippen LogP contribution in [-0.2, 0) is 35.2 Å². The minimum Gasteiger partial charge on any atom is -0.569 e. The van der Waals surface area contributed by atoms with Gasteiger partial charge >= 0.3 is 18.4 Å². The zero-order valence-corrected chi connectivity index (χ0v) is 27.3. The summed E-state index contributed by atoms with van der Waals surface area (Å²) in [6, 6.07) is 12.5. The number of sulfonamides is 1. The van der Waals surface area contributed by atoms with E-state index in [1.165, 1.54) is 24.2 Å². The average Bonchev–Trinajstić information content (AvgIpc) is 3.47. The van der Waals surface area contributed by atoms with E-state index in [-0.39, 0.29) is 40.5 Å². The molecule has 3 aromatic rings. The van der Waals surface area contributed by atoms with Crippen LogP contribution in [0.3, 0.4) is 0 Å².